The van der Waals surface area contributed by atoms with Crippen LogP contribution in [0.15, 0.2) is 180 Å². The van der Waals surface area contributed by atoms with Crippen molar-refractivity contribution >= 4 is 21.9 Å². The molecule has 0 N–H and O–H groups in total. The molecular formula is C45H29N3O. The molecule has 2 heterocycles. The van der Waals surface area contributed by atoms with Gasteiger partial charge >= 0.3 is 0 Å². The summed E-state index contributed by atoms with van der Waals surface area (Å²) in [5, 5.41) is 2.01. The normalized spacial score (nSPS) is 11.3. The Morgan fingerprint density at radius 1 is 0.306 bits per heavy atom. The van der Waals surface area contributed by atoms with Crippen LogP contribution >= 0.6 is 0 Å². The van der Waals surface area contributed by atoms with Crippen LogP contribution in [0.25, 0.3) is 89.5 Å². The molecule has 0 aliphatic rings. The van der Waals surface area contributed by atoms with Gasteiger partial charge in [-0.3, -0.25) is 0 Å². The van der Waals surface area contributed by atoms with Gasteiger partial charge in [-0.1, -0.05) is 152 Å². The highest BCUT2D eigenvalue weighted by Crippen LogP contribution is 2.38. The van der Waals surface area contributed by atoms with Gasteiger partial charge in [-0.2, -0.15) is 0 Å². The van der Waals surface area contributed by atoms with E-state index in [2.05, 4.69) is 97.1 Å². The van der Waals surface area contributed by atoms with Crippen LogP contribution in [0.5, 0.6) is 0 Å². The summed E-state index contributed by atoms with van der Waals surface area (Å²) in [6.07, 6.45) is 0. The minimum Gasteiger partial charge on any atom is -0.456 e. The Hall–Kier alpha value is -6.65. The van der Waals surface area contributed by atoms with Crippen LogP contribution in [0.4, 0.5) is 0 Å². The number of furan rings is 1. The molecule has 9 aromatic rings. The first-order valence-corrected chi connectivity index (χ1v) is 16.4. The molecule has 4 heteroatoms. The Morgan fingerprint density at radius 3 is 1.39 bits per heavy atom. The highest BCUT2D eigenvalue weighted by Gasteiger charge is 2.18. The van der Waals surface area contributed by atoms with E-state index < -0.39 is 0 Å². The maximum absolute atomic E-state index is 6.51. The smallest absolute Gasteiger partial charge is 0.164 e. The fraction of sp³-hybridized carbons (Fsp3) is 0. The second-order valence-corrected chi connectivity index (χ2v) is 12.1. The van der Waals surface area contributed by atoms with Crippen molar-refractivity contribution in [3.8, 4) is 67.5 Å². The largest absolute Gasteiger partial charge is 0.456 e. The predicted molar refractivity (Wildman–Crippen MR) is 200 cm³/mol. The minimum absolute atomic E-state index is 0.607. The fourth-order valence-electron chi connectivity index (χ4n) is 6.48. The van der Waals surface area contributed by atoms with E-state index in [9.17, 15) is 0 Å². The summed E-state index contributed by atoms with van der Waals surface area (Å²) < 4.78 is 6.51. The van der Waals surface area contributed by atoms with Gasteiger partial charge in [0.25, 0.3) is 0 Å². The van der Waals surface area contributed by atoms with Gasteiger partial charge in [0.15, 0.2) is 17.5 Å². The molecule has 0 saturated heterocycles. The summed E-state index contributed by atoms with van der Waals surface area (Å²) in [5.74, 6) is 1.87. The van der Waals surface area contributed by atoms with E-state index in [0.717, 1.165) is 49.8 Å². The van der Waals surface area contributed by atoms with Crippen molar-refractivity contribution in [3.05, 3.63) is 176 Å². The van der Waals surface area contributed by atoms with Crippen LogP contribution in [0.2, 0.25) is 0 Å². The summed E-state index contributed by atoms with van der Waals surface area (Å²) in [6.45, 7) is 0. The summed E-state index contributed by atoms with van der Waals surface area (Å²) in [7, 11) is 0. The Morgan fingerprint density at radius 2 is 0.755 bits per heavy atom. The zero-order valence-electron chi connectivity index (χ0n) is 26.5. The first-order chi connectivity index (χ1) is 24.3. The SMILES string of the molecule is c1ccc(-c2ccc(-c3cccc(-c4ccc5c(c4)oc4cccc(-c6nc(-c7ccccc7)nc(-c7ccccc7)n6)c45)c3)cc2)cc1. The van der Waals surface area contributed by atoms with Crippen LogP contribution in [0, 0.1) is 0 Å². The van der Waals surface area contributed by atoms with Crippen LogP contribution in [-0.4, -0.2) is 15.0 Å². The van der Waals surface area contributed by atoms with E-state index >= 15 is 0 Å². The number of rotatable bonds is 6. The van der Waals surface area contributed by atoms with E-state index in [1.165, 1.54) is 22.3 Å². The van der Waals surface area contributed by atoms with Crippen molar-refractivity contribution in [1.29, 1.82) is 0 Å². The summed E-state index contributed by atoms with van der Waals surface area (Å²) in [5.41, 5.74) is 11.4. The average Bonchev–Trinajstić information content (AvgIpc) is 3.57. The van der Waals surface area contributed by atoms with Crippen LogP contribution in [-0.2, 0) is 0 Å². The molecule has 2 aromatic heterocycles. The lowest BCUT2D eigenvalue weighted by Crippen LogP contribution is -2.00. The van der Waals surface area contributed by atoms with Gasteiger partial charge in [0.05, 0.1) is 0 Å². The minimum atomic E-state index is 0.607. The third kappa shape index (κ3) is 5.45. The van der Waals surface area contributed by atoms with Crippen molar-refractivity contribution in [2.45, 2.75) is 0 Å². The molecule has 0 bridgehead atoms. The lowest BCUT2D eigenvalue weighted by Gasteiger charge is -2.09. The molecule has 0 aliphatic carbocycles. The van der Waals surface area contributed by atoms with Crippen LogP contribution < -0.4 is 0 Å². The van der Waals surface area contributed by atoms with Crippen LogP contribution in [0.1, 0.15) is 0 Å². The standard InChI is InChI=1S/C45H29N3O/c1-4-12-30(13-5-1)31-22-24-32(25-23-31)35-18-10-19-36(28-35)37-26-27-38-41(29-37)49-40-21-11-20-39(42(38)40)45-47-43(33-14-6-2-7-15-33)46-44(48-45)34-16-8-3-9-17-34/h1-29H. The van der Waals surface area contributed by atoms with Crippen molar-refractivity contribution in [2.24, 2.45) is 0 Å². The highest BCUT2D eigenvalue weighted by molar-refractivity contribution is 6.12. The summed E-state index contributed by atoms with van der Waals surface area (Å²) >= 11 is 0. The number of hydrogen-bond acceptors (Lipinski definition) is 4. The van der Waals surface area contributed by atoms with Gasteiger partial charge in [-0.15, -0.1) is 0 Å². The molecular weight excluding hydrogens is 599 g/mol. The number of fused-ring (bicyclic) bond motifs is 3. The maximum Gasteiger partial charge on any atom is 0.164 e. The van der Waals surface area contributed by atoms with Crippen molar-refractivity contribution < 1.29 is 4.42 Å². The lowest BCUT2D eigenvalue weighted by molar-refractivity contribution is 0.669. The van der Waals surface area contributed by atoms with Crippen molar-refractivity contribution in [1.82, 2.24) is 15.0 Å². The van der Waals surface area contributed by atoms with E-state index in [1.54, 1.807) is 0 Å². The molecule has 49 heavy (non-hydrogen) atoms. The monoisotopic (exact) mass is 627 g/mol. The molecule has 0 spiro atoms. The molecule has 0 atom stereocenters. The van der Waals surface area contributed by atoms with Gasteiger partial charge < -0.3 is 4.42 Å². The first kappa shape index (κ1) is 28.6. The van der Waals surface area contributed by atoms with E-state index in [1.807, 2.05) is 78.9 Å². The molecule has 0 unspecified atom stereocenters. The van der Waals surface area contributed by atoms with Gasteiger partial charge in [0.2, 0.25) is 0 Å². The molecule has 0 aliphatic heterocycles. The third-order valence-corrected chi connectivity index (χ3v) is 8.96. The third-order valence-electron chi connectivity index (χ3n) is 8.96. The zero-order chi connectivity index (χ0) is 32.6. The molecule has 7 aromatic carbocycles. The molecule has 0 amide bonds. The predicted octanol–water partition coefficient (Wildman–Crippen LogP) is 11.8. The maximum atomic E-state index is 6.51. The molecule has 0 fully saturated rings. The summed E-state index contributed by atoms with van der Waals surface area (Å²) in [4.78, 5) is 14.9. The quantitative estimate of drug-likeness (QED) is 0.184. The van der Waals surface area contributed by atoms with Crippen molar-refractivity contribution in [2.75, 3.05) is 0 Å². The zero-order valence-corrected chi connectivity index (χ0v) is 26.5. The van der Waals surface area contributed by atoms with Gasteiger partial charge in [0.1, 0.15) is 11.2 Å². The summed E-state index contributed by atoms with van der Waals surface area (Å²) in [6, 6.07) is 60.5. The second-order valence-electron chi connectivity index (χ2n) is 12.1. The number of benzene rings is 7. The Balaban J connectivity index is 1.12. The average molecular weight is 628 g/mol. The molecule has 4 nitrogen and oxygen atoms in total. The first-order valence-electron chi connectivity index (χ1n) is 16.4. The fourth-order valence-corrected chi connectivity index (χ4v) is 6.48. The topological polar surface area (TPSA) is 51.8 Å². The molecule has 9 rings (SSSR count). The number of hydrogen-bond donors (Lipinski definition) is 0. The van der Waals surface area contributed by atoms with E-state index in [4.69, 9.17) is 19.4 Å². The van der Waals surface area contributed by atoms with E-state index in [-0.39, 0.29) is 0 Å². The number of nitrogens with zero attached hydrogens (tertiary/aromatic N) is 3. The Labute approximate surface area is 284 Å². The van der Waals surface area contributed by atoms with Crippen molar-refractivity contribution in [3.63, 3.8) is 0 Å². The molecule has 0 saturated carbocycles. The van der Waals surface area contributed by atoms with E-state index in [0.29, 0.717) is 17.5 Å². The highest BCUT2D eigenvalue weighted by atomic mass is 16.3. The van der Waals surface area contributed by atoms with Gasteiger partial charge in [0, 0.05) is 27.5 Å². The second kappa shape index (κ2) is 12.2. The number of aromatic nitrogens is 3. The Kier molecular flexibility index (Phi) is 7.10. The van der Waals surface area contributed by atoms with Gasteiger partial charge in [-0.05, 0) is 57.6 Å². The lowest BCUT2D eigenvalue weighted by atomic mass is 9.96. The van der Waals surface area contributed by atoms with Gasteiger partial charge in [-0.25, -0.2) is 15.0 Å². The van der Waals surface area contributed by atoms with Crippen LogP contribution in [0.3, 0.4) is 0 Å². The molecule has 230 valence electrons. The Bertz CT molecular complexity index is 2520. The molecule has 0 radical (unpaired) electrons.